The van der Waals surface area contributed by atoms with E-state index in [1.807, 2.05) is 0 Å². The zero-order valence-electron chi connectivity index (χ0n) is 14.4. The van der Waals surface area contributed by atoms with Crippen LogP contribution >= 0.6 is 0 Å². The summed E-state index contributed by atoms with van der Waals surface area (Å²) in [5.74, 6) is 0.0452. The molecule has 0 aliphatic heterocycles. The highest BCUT2D eigenvalue weighted by molar-refractivity contribution is 5.57. The van der Waals surface area contributed by atoms with Crippen LogP contribution in [0.25, 0.3) is 17.1 Å². The summed E-state index contributed by atoms with van der Waals surface area (Å²) in [7, 11) is 0. The maximum atomic E-state index is 12.7. The largest absolute Gasteiger partial charge is 0.433 e. The number of halogens is 5. The van der Waals surface area contributed by atoms with Crippen LogP contribution in [-0.4, -0.2) is 35.8 Å². The molecule has 0 unspecified atom stereocenters. The van der Waals surface area contributed by atoms with Gasteiger partial charge in [-0.1, -0.05) is 0 Å². The summed E-state index contributed by atoms with van der Waals surface area (Å²) in [4.78, 5) is 23.7. The molecule has 3 aromatic heterocycles. The van der Waals surface area contributed by atoms with E-state index in [4.69, 9.17) is 5.73 Å². The smallest absolute Gasteiger partial charge is 0.327 e. The Morgan fingerprint density at radius 2 is 1.83 bits per heavy atom. The van der Waals surface area contributed by atoms with E-state index in [1.165, 1.54) is 18.5 Å². The summed E-state index contributed by atoms with van der Waals surface area (Å²) >= 11 is 0. The zero-order chi connectivity index (χ0) is 21.2. The molecule has 0 amide bonds. The second kappa shape index (κ2) is 7.87. The van der Waals surface area contributed by atoms with Crippen LogP contribution in [0.3, 0.4) is 0 Å². The second-order valence-corrected chi connectivity index (χ2v) is 5.70. The molecule has 0 radical (unpaired) electrons. The number of hydrogen-bond donors (Lipinski definition) is 1. The third-order valence-electron chi connectivity index (χ3n) is 3.82. The number of hydrogen-bond acceptors (Lipinski definition) is 6. The third kappa shape index (κ3) is 4.34. The molecule has 8 nitrogen and oxygen atoms in total. The monoisotopic (exact) mass is 413 g/mol. The van der Waals surface area contributed by atoms with Crippen LogP contribution < -0.4 is 11.4 Å². The lowest BCUT2D eigenvalue weighted by atomic mass is 10.2. The van der Waals surface area contributed by atoms with E-state index in [-0.39, 0.29) is 17.1 Å². The highest BCUT2D eigenvalue weighted by Gasteiger charge is 2.32. The van der Waals surface area contributed by atoms with Crippen molar-refractivity contribution in [2.24, 2.45) is 5.73 Å². The van der Waals surface area contributed by atoms with Crippen molar-refractivity contribution in [2.75, 3.05) is 6.54 Å². The van der Waals surface area contributed by atoms with Crippen LogP contribution in [0.4, 0.5) is 22.0 Å². The van der Waals surface area contributed by atoms with E-state index >= 15 is 0 Å². The Morgan fingerprint density at radius 3 is 2.34 bits per heavy atom. The number of nitrogens with two attached hydrogens (primary N) is 1. The molecule has 0 atom stereocenters. The quantitative estimate of drug-likeness (QED) is 0.642. The number of aromatic nitrogens is 6. The van der Waals surface area contributed by atoms with Crippen LogP contribution in [0.15, 0.2) is 53.5 Å². The van der Waals surface area contributed by atoms with E-state index in [9.17, 15) is 26.7 Å². The fourth-order valence-corrected chi connectivity index (χ4v) is 2.29. The molecule has 0 aliphatic rings. The molecular weight excluding hydrogens is 401 g/mol. The van der Waals surface area contributed by atoms with Gasteiger partial charge in [0, 0.05) is 23.9 Å². The molecule has 0 fully saturated rings. The standard InChI is InChI=1S/C16H12F5N7O/c17-14(18)10(3-22)7-28-15(29)27(8-26-28)13-6-23-11(5-25-13)9-1-2-12(24-4-9)16(19,20)21/h1-2,4-6,8H,3,7,22H2. The summed E-state index contributed by atoms with van der Waals surface area (Å²) < 4.78 is 64.9. The van der Waals surface area contributed by atoms with E-state index in [1.54, 1.807) is 0 Å². The van der Waals surface area contributed by atoms with Gasteiger partial charge in [0.05, 0.1) is 24.6 Å². The Balaban J connectivity index is 1.84. The number of alkyl halides is 3. The van der Waals surface area contributed by atoms with E-state index in [0.717, 1.165) is 27.8 Å². The SMILES string of the molecule is NCC(Cn1ncn(-c2cnc(-c3ccc(C(F)(F)F)nc3)cn2)c1=O)=C(F)F. The summed E-state index contributed by atoms with van der Waals surface area (Å²) in [5, 5.41) is 3.74. The Morgan fingerprint density at radius 1 is 1.07 bits per heavy atom. The van der Waals surface area contributed by atoms with Crippen molar-refractivity contribution in [1.29, 1.82) is 0 Å². The molecule has 0 saturated heterocycles. The van der Waals surface area contributed by atoms with Gasteiger partial charge in [0.2, 0.25) is 0 Å². The molecule has 0 aromatic carbocycles. The van der Waals surface area contributed by atoms with Crippen molar-refractivity contribution in [3.05, 3.63) is 64.9 Å². The molecule has 0 bridgehead atoms. The van der Waals surface area contributed by atoms with Crippen molar-refractivity contribution in [1.82, 2.24) is 29.3 Å². The topological polar surface area (TPSA) is 105 Å². The Hall–Kier alpha value is -3.48. The normalized spacial score (nSPS) is 11.5. The molecular formula is C16H12F5N7O. The minimum atomic E-state index is -4.56. The van der Waals surface area contributed by atoms with Crippen molar-refractivity contribution < 1.29 is 22.0 Å². The fraction of sp³-hybridized carbons (Fsp3) is 0.188. The molecule has 2 N–H and O–H groups in total. The zero-order valence-corrected chi connectivity index (χ0v) is 14.4. The maximum absolute atomic E-state index is 12.7. The highest BCUT2D eigenvalue weighted by atomic mass is 19.4. The third-order valence-corrected chi connectivity index (χ3v) is 3.82. The molecule has 29 heavy (non-hydrogen) atoms. The molecule has 152 valence electrons. The van der Waals surface area contributed by atoms with Crippen LogP contribution in [0.1, 0.15) is 5.69 Å². The van der Waals surface area contributed by atoms with Crippen LogP contribution in [0.5, 0.6) is 0 Å². The Bertz CT molecular complexity index is 1080. The lowest BCUT2D eigenvalue weighted by Crippen LogP contribution is -2.26. The van der Waals surface area contributed by atoms with Crippen molar-refractivity contribution >= 4 is 0 Å². The minimum absolute atomic E-state index is 0.0452. The van der Waals surface area contributed by atoms with Crippen LogP contribution in [0, 0.1) is 0 Å². The minimum Gasteiger partial charge on any atom is -0.327 e. The fourth-order valence-electron chi connectivity index (χ4n) is 2.29. The lowest BCUT2D eigenvalue weighted by molar-refractivity contribution is -0.141. The summed E-state index contributed by atoms with van der Waals surface area (Å²) in [6.07, 6.45) is -2.03. The molecule has 13 heteroatoms. The first-order valence-electron chi connectivity index (χ1n) is 7.94. The Labute approximate surface area is 159 Å². The molecule has 0 saturated carbocycles. The van der Waals surface area contributed by atoms with Gasteiger partial charge in [0.15, 0.2) is 5.82 Å². The first-order valence-corrected chi connectivity index (χ1v) is 7.94. The van der Waals surface area contributed by atoms with Gasteiger partial charge in [-0.15, -0.1) is 0 Å². The Kier molecular flexibility index (Phi) is 5.50. The maximum Gasteiger partial charge on any atom is 0.433 e. The second-order valence-electron chi connectivity index (χ2n) is 5.70. The van der Waals surface area contributed by atoms with Gasteiger partial charge in [-0.25, -0.2) is 19.0 Å². The summed E-state index contributed by atoms with van der Waals surface area (Å²) in [5.41, 5.74) is 3.51. The van der Waals surface area contributed by atoms with Gasteiger partial charge in [-0.05, 0) is 12.1 Å². The van der Waals surface area contributed by atoms with Gasteiger partial charge in [0.1, 0.15) is 12.0 Å². The number of nitrogens with zero attached hydrogens (tertiary/aromatic N) is 6. The first-order chi connectivity index (χ1) is 13.7. The van der Waals surface area contributed by atoms with Crippen molar-refractivity contribution in [2.45, 2.75) is 12.7 Å². The summed E-state index contributed by atoms with van der Waals surface area (Å²) in [6.45, 7) is -0.912. The first kappa shape index (κ1) is 20.3. The molecule has 0 spiro atoms. The van der Waals surface area contributed by atoms with Gasteiger partial charge in [0.25, 0.3) is 6.08 Å². The van der Waals surface area contributed by atoms with Gasteiger partial charge in [-0.2, -0.15) is 27.1 Å². The molecule has 3 rings (SSSR count). The van der Waals surface area contributed by atoms with E-state index < -0.39 is 42.3 Å². The molecule has 3 aromatic rings. The van der Waals surface area contributed by atoms with E-state index in [0.29, 0.717) is 0 Å². The van der Waals surface area contributed by atoms with Crippen molar-refractivity contribution in [3.63, 3.8) is 0 Å². The van der Waals surface area contributed by atoms with Gasteiger partial charge >= 0.3 is 11.9 Å². The predicted octanol–water partition coefficient (Wildman–Crippen LogP) is 2.01. The van der Waals surface area contributed by atoms with Crippen molar-refractivity contribution in [3.8, 4) is 17.1 Å². The molecule has 3 heterocycles. The summed E-state index contributed by atoms with van der Waals surface area (Å²) in [6, 6.07) is 2.00. The van der Waals surface area contributed by atoms with Gasteiger partial charge in [-0.3, -0.25) is 9.97 Å². The van der Waals surface area contributed by atoms with Gasteiger partial charge < -0.3 is 5.73 Å². The average Bonchev–Trinajstić information content (AvgIpc) is 3.05. The predicted molar refractivity (Wildman–Crippen MR) is 89.9 cm³/mol. The average molecular weight is 413 g/mol. The number of pyridine rings is 1. The number of rotatable bonds is 5. The van der Waals surface area contributed by atoms with E-state index in [2.05, 4.69) is 20.1 Å². The lowest BCUT2D eigenvalue weighted by Gasteiger charge is -2.06. The van der Waals surface area contributed by atoms with Crippen LogP contribution in [-0.2, 0) is 12.7 Å². The molecule has 0 aliphatic carbocycles. The highest BCUT2D eigenvalue weighted by Crippen LogP contribution is 2.28. The van der Waals surface area contributed by atoms with Crippen LogP contribution in [0.2, 0.25) is 0 Å².